The molecule has 6 heteroatoms. The van der Waals surface area contributed by atoms with Gasteiger partial charge in [0.05, 0.1) is 12.2 Å². The molecule has 1 aromatic heterocycles. The molecule has 20 heavy (non-hydrogen) atoms. The fourth-order valence-corrected chi connectivity index (χ4v) is 2.44. The van der Waals surface area contributed by atoms with Crippen LogP contribution in [0.2, 0.25) is 0 Å². The highest BCUT2D eigenvalue weighted by atomic mass is 32.2. The molecule has 2 rings (SSSR count). The molecule has 2 aromatic rings. The van der Waals surface area contributed by atoms with Crippen molar-refractivity contribution in [2.75, 3.05) is 12.4 Å². The van der Waals surface area contributed by atoms with Crippen LogP contribution >= 0.6 is 11.8 Å². The molecule has 0 aliphatic rings. The molecule has 0 spiro atoms. The lowest BCUT2D eigenvalue weighted by Crippen LogP contribution is -2.00. The lowest BCUT2D eigenvalue weighted by atomic mass is 10.2. The number of nitrogens with zero attached hydrogens (tertiary/aromatic N) is 2. The molecule has 0 amide bonds. The van der Waals surface area contributed by atoms with Crippen molar-refractivity contribution in [3.63, 3.8) is 0 Å². The third kappa shape index (κ3) is 4.03. The second-order valence-electron chi connectivity index (χ2n) is 4.20. The molecular formula is C14H16N2O3S. The van der Waals surface area contributed by atoms with E-state index in [-0.39, 0.29) is 5.56 Å². The predicted octanol–water partition coefficient (Wildman–Crippen LogP) is 2.68. The highest BCUT2D eigenvalue weighted by Gasteiger charge is 2.02. The number of aryl methyl sites for hydroxylation is 1. The number of ether oxygens (including phenoxy) is 1. The Morgan fingerprint density at radius 3 is 2.75 bits per heavy atom. The zero-order valence-electron chi connectivity index (χ0n) is 11.2. The third-order valence-corrected chi connectivity index (χ3v) is 3.81. The number of carbonyl (C=O) groups is 1. The van der Waals surface area contributed by atoms with Crippen LogP contribution in [0.25, 0.3) is 0 Å². The van der Waals surface area contributed by atoms with Crippen LogP contribution in [0.4, 0.5) is 0 Å². The largest absolute Gasteiger partial charge is 0.494 e. The van der Waals surface area contributed by atoms with Crippen molar-refractivity contribution in [2.45, 2.75) is 11.6 Å². The topological polar surface area (TPSA) is 64.4 Å². The average Bonchev–Trinajstić information content (AvgIpc) is 2.84. The predicted molar refractivity (Wildman–Crippen MR) is 77.4 cm³/mol. The van der Waals surface area contributed by atoms with Crippen LogP contribution in [0.3, 0.4) is 0 Å². The van der Waals surface area contributed by atoms with Crippen LogP contribution in [0.15, 0.2) is 41.8 Å². The molecule has 0 atom stereocenters. The zero-order valence-corrected chi connectivity index (χ0v) is 12.0. The van der Waals surface area contributed by atoms with Gasteiger partial charge < -0.3 is 14.4 Å². The van der Waals surface area contributed by atoms with Gasteiger partial charge in [-0.2, -0.15) is 0 Å². The first kappa shape index (κ1) is 14.5. The SMILES string of the molecule is Cn1ccnc1SCCCOc1ccc(C(=O)O)cc1. The van der Waals surface area contributed by atoms with Crippen molar-refractivity contribution in [1.82, 2.24) is 9.55 Å². The van der Waals surface area contributed by atoms with Crippen LogP contribution < -0.4 is 4.74 Å². The molecule has 1 N–H and O–H groups in total. The maximum atomic E-state index is 10.7. The van der Waals surface area contributed by atoms with Gasteiger partial charge in [0.1, 0.15) is 5.75 Å². The summed E-state index contributed by atoms with van der Waals surface area (Å²) >= 11 is 1.69. The molecule has 5 nitrogen and oxygen atoms in total. The molecular weight excluding hydrogens is 276 g/mol. The normalized spacial score (nSPS) is 10.4. The number of carboxylic acids is 1. The van der Waals surface area contributed by atoms with Crippen LogP contribution in [-0.2, 0) is 7.05 Å². The highest BCUT2D eigenvalue weighted by Crippen LogP contribution is 2.16. The second kappa shape index (κ2) is 7.00. The van der Waals surface area contributed by atoms with E-state index < -0.39 is 5.97 Å². The summed E-state index contributed by atoms with van der Waals surface area (Å²) in [7, 11) is 1.97. The van der Waals surface area contributed by atoms with Gasteiger partial charge in [0.25, 0.3) is 0 Å². The van der Waals surface area contributed by atoms with Crippen LogP contribution in [-0.4, -0.2) is 33.0 Å². The summed E-state index contributed by atoms with van der Waals surface area (Å²) in [4.78, 5) is 14.9. The van der Waals surface area contributed by atoms with Crippen molar-refractivity contribution in [3.05, 3.63) is 42.2 Å². The zero-order chi connectivity index (χ0) is 14.4. The van der Waals surface area contributed by atoms with Gasteiger partial charge in [-0.1, -0.05) is 11.8 Å². The summed E-state index contributed by atoms with van der Waals surface area (Å²) < 4.78 is 7.54. The lowest BCUT2D eigenvalue weighted by molar-refractivity contribution is 0.0697. The number of benzene rings is 1. The Morgan fingerprint density at radius 1 is 1.40 bits per heavy atom. The third-order valence-electron chi connectivity index (χ3n) is 2.67. The van der Waals surface area contributed by atoms with Crippen molar-refractivity contribution < 1.29 is 14.6 Å². The number of rotatable bonds is 7. The minimum absolute atomic E-state index is 0.266. The highest BCUT2D eigenvalue weighted by molar-refractivity contribution is 7.99. The van der Waals surface area contributed by atoms with Crippen molar-refractivity contribution in [1.29, 1.82) is 0 Å². The van der Waals surface area contributed by atoms with E-state index in [1.165, 1.54) is 0 Å². The minimum Gasteiger partial charge on any atom is -0.494 e. The van der Waals surface area contributed by atoms with Gasteiger partial charge in [-0.05, 0) is 30.7 Å². The monoisotopic (exact) mass is 292 g/mol. The smallest absolute Gasteiger partial charge is 0.335 e. The fourth-order valence-electron chi connectivity index (χ4n) is 1.60. The van der Waals surface area contributed by atoms with E-state index in [1.807, 2.05) is 17.8 Å². The van der Waals surface area contributed by atoms with Gasteiger partial charge in [0, 0.05) is 25.2 Å². The Labute approximate surface area is 121 Å². The van der Waals surface area contributed by atoms with E-state index >= 15 is 0 Å². The van der Waals surface area contributed by atoms with E-state index in [1.54, 1.807) is 42.2 Å². The molecule has 0 aliphatic heterocycles. The van der Waals surface area contributed by atoms with Crippen LogP contribution in [0, 0.1) is 0 Å². The van der Waals surface area contributed by atoms with Gasteiger partial charge in [-0.15, -0.1) is 0 Å². The first-order valence-electron chi connectivity index (χ1n) is 6.23. The van der Waals surface area contributed by atoms with Crippen molar-refractivity contribution in [2.24, 2.45) is 7.05 Å². The molecule has 0 saturated heterocycles. The number of carboxylic acid groups (broad SMARTS) is 1. The van der Waals surface area contributed by atoms with Gasteiger partial charge in [-0.3, -0.25) is 0 Å². The van der Waals surface area contributed by atoms with E-state index in [2.05, 4.69) is 4.98 Å². The number of thioether (sulfide) groups is 1. The number of imidazole rings is 1. The molecule has 1 aromatic carbocycles. The quantitative estimate of drug-likeness (QED) is 0.628. The van der Waals surface area contributed by atoms with E-state index in [9.17, 15) is 4.79 Å². The summed E-state index contributed by atoms with van der Waals surface area (Å²) in [5, 5.41) is 9.78. The Morgan fingerprint density at radius 2 is 2.15 bits per heavy atom. The number of hydrogen-bond acceptors (Lipinski definition) is 4. The summed E-state index contributed by atoms with van der Waals surface area (Å²) in [5.74, 6) is 0.693. The van der Waals surface area contributed by atoms with Gasteiger partial charge in [0.2, 0.25) is 0 Å². The number of hydrogen-bond donors (Lipinski definition) is 1. The molecule has 0 fully saturated rings. The van der Waals surface area contributed by atoms with Crippen LogP contribution in [0.1, 0.15) is 16.8 Å². The average molecular weight is 292 g/mol. The summed E-state index contributed by atoms with van der Waals surface area (Å²) in [6.45, 7) is 0.601. The maximum Gasteiger partial charge on any atom is 0.335 e. The summed E-state index contributed by atoms with van der Waals surface area (Å²) in [6, 6.07) is 6.44. The van der Waals surface area contributed by atoms with Gasteiger partial charge in [0.15, 0.2) is 5.16 Å². The lowest BCUT2D eigenvalue weighted by Gasteiger charge is -2.06. The van der Waals surface area contributed by atoms with Crippen molar-refractivity contribution >= 4 is 17.7 Å². The molecule has 0 radical (unpaired) electrons. The Hall–Kier alpha value is -1.95. The number of aromatic nitrogens is 2. The first-order valence-corrected chi connectivity index (χ1v) is 7.21. The molecule has 1 heterocycles. The maximum absolute atomic E-state index is 10.7. The molecule has 0 bridgehead atoms. The van der Waals surface area contributed by atoms with E-state index in [4.69, 9.17) is 9.84 Å². The minimum atomic E-state index is -0.928. The van der Waals surface area contributed by atoms with E-state index in [0.29, 0.717) is 12.4 Å². The second-order valence-corrected chi connectivity index (χ2v) is 5.26. The van der Waals surface area contributed by atoms with Crippen molar-refractivity contribution in [3.8, 4) is 5.75 Å². The van der Waals surface area contributed by atoms with Gasteiger partial charge in [-0.25, -0.2) is 9.78 Å². The Bertz CT molecular complexity index is 566. The first-order chi connectivity index (χ1) is 9.66. The Kier molecular flexibility index (Phi) is 5.06. The van der Waals surface area contributed by atoms with Gasteiger partial charge >= 0.3 is 5.97 Å². The molecule has 0 aliphatic carbocycles. The molecule has 0 saturated carbocycles. The molecule has 0 unspecified atom stereocenters. The van der Waals surface area contributed by atoms with E-state index in [0.717, 1.165) is 17.3 Å². The molecule has 106 valence electrons. The summed E-state index contributed by atoms with van der Waals surface area (Å²) in [6.07, 6.45) is 4.60. The summed E-state index contributed by atoms with van der Waals surface area (Å²) in [5.41, 5.74) is 0.266. The fraction of sp³-hybridized carbons (Fsp3) is 0.286. The standard InChI is InChI=1S/C14H16N2O3S/c1-16-8-7-15-14(16)20-10-2-9-19-12-5-3-11(4-6-12)13(17)18/h3-8H,2,9-10H2,1H3,(H,17,18). The number of aromatic carboxylic acids is 1. The van der Waals surface area contributed by atoms with Crippen LogP contribution in [0.5, 0.6) is 5.75 Å². The Balaban J connectivity index is 1.68.